The number of amides is 3. The molecule has 1 saturated heterocycles. The Labute approximate surface area is 190 Å². The van der Waals surface area contributed by atoms with E-state index in [-0.39, 0.29) is 31.2 Å². The van der Waals surface area contributed by atoms with E-state index in [9.17, 15) is 14.4 Å². The number of hydrogen-bond donors (Lipinski definition) is 2. The van der Waals surface area contributed by atoms with Gasteiger partial charge in [-0.25, -0.2) is 0 Å². The summed E-state index contributed by atoms with van der Waals surface area (Å²) in [7, 11) is 1.54. The molecule has 2 N–H and O–H groups in total. The van der Waals surface area contributed by atoms with Crippen LogP contribution in [0.3, 0.4) is 0 Å². The van der Waals surface area contributed by atoms with Gasteiger partial charge in [-0.3, -0.25) is 25.2 Å². The summed E-state index contributed by atoms with van der Waals surface area (Å²) in [6, 6.07) is 19.4. The van der Waals surface area contributed by atoms with Crippen molar-refractivity contribution in [2.24, 2.45) is 5.92 Å². The molecule has 2 heterocycles. The SMILES string of the molecule is COc1cccc(N2C[C@H](C(=O)NNC(=O)c3ccc(COc4ccccc4)o3)CC2=O)c1. The molecule has 3 amide bonds. The summed E-state index contributed by atoms with van der Waals surface area (Å²) in [6.45, 7) is 0.364. The Morgan fingerprint density at radius 2 is 1.82 bits per heavy atom. The van der Waals surface area contributed by atoms with Crippen LogP contribution in [0.15, 0.2) is 71.1 Å². The van der Waals surface area contributed by atoms with Crippen LogP contribution in [0.4, 0.5) is 5.69 Å². The van der Waals surface area contributed by atoms with Gasteiger partial charge in [0.1, 0.15) is 23.9 Å². The van der Waals surface area contributed by atoms with Crippen molar-refractivity contribution in [2.45, 2.75) is 13.0 Å². The predicted molar refractivity (Wildman–Crippen MR) is 119 cm³/mol. The number of hydrazine groups is 1. The number of carbonyl (C=O) groups excluding carboxylic acids is 3. The van der Waals surface area contributed by atoms with Crippen LogP contribution in [0.1, 0.15) is 22.7 Å². The largest absolute Gasteiger partial charge is 0.497 e. The van der Waals surface area contributed by atoms with Gasteiger partial charge in [-0.1, -0.05) is 24.3 Å². The minimum absolute atomic E-state index is 0.0301. The summed E-state index contributed by atoms with van der Waals surface area (Å²) >= 11 is 0. The fraction of sp³-hybridized carbons (Fsp3) is 0.208. The van der Waals surface area contributed by atoms with E-state index in [2.05, 4.69) is 10.9 Å². The third kappa shape index (κ3) is 5.32. The summed E-state index contributed by atoms with van der Waals surface area (Å²) < 4.78 is 16.2. The van der Waals surface area contributed by atoms with Gasteiger partial charge in [0.05, 0.1) is 13.0 Å². The average molecular weight is 449 g/mol. The summed E-state index contributed by atoms with van der Waals surface area (Å²) in [4.78, 5) is 38.8. The molecule has 1 aliphatic rings. The second-order valence-corrected chi connectivity index (χ2v) is 7.42. The number of nitrogens with zero attached hydrogens (tertiary/aromatic N) is 1. The zero-order valence-corrected chi connectivity index (χ0v) is 17.9. The van der Waals surface area contributed by atoms with Crippen LogP contribution in [0.25, 0.3) is 0 Å². The molecule has 170 valence electrons. The summed E-state index contributed by atoms with van der Waals surface area (Å²) in [5, 5.41) is 0. The van der Waals surface area contributed by atoms with Crippen LogP contribution < -0.4 is 25.2 Å². The molecular weight excluding hydrogens is 426 g/mol. The molecule has 9 nitrogen and oxygen atoms in total. The van der Waals surface area contributed by atoms with Crippen molar-refractivity contribution < 1.29 is 28.3 Å². The van der Waals surface area contributed by atoms with E-state index in [1.54, 1.807) is 37.4 Å². The van der Waals surface area contributed by atoms with E-state index >= 15 is 0 Å². The molecule has 33 heavy (non-hydrogen) atoms. The second-order valence-electron chi connectivity index (χ2n) is 7.42. The minimum Gasteiger partial charge on any atom is -0.497 e. The fourth-order valence-corrected chi connectivity index (χ4v) is 3.44. The molecule has 1 aliphatic heterocycles. The highest BCUT2D eigenvalue weighted by atomic mass is 16.5. The first kappa shape index (κ1) is 21.9. The minimum atomic E-state index is -0.608. The molecule has 1 aromatic heterocycles. The predicted octanol–water partition coefficient (Wildman–Crippen LogP) is 2.68. The van der Waals surface area contributed by atoms with Crippen molar-refractivity contribution in [1.82, 2.24) is 10.9 Å². The molecule has 0 radical (unpaired) electrons. The maximum absolute atomic E-state index is 12.5. The number of furan rings is 1. The van der Waals surface area contributed by atoms with Crippen LogP contribution in [-0.4, -0.2) is 31.4 Å². The number of rotatable bonds is 7. The molecule has 0 unspecified atom stereocenters. The van der Waals surface area contributed by atoms with Crippen molar-refractivity contribution in [3.05, 3.63) is 78.3 Å². The van der Waals surface area contributed by atoms with Gasteiger partial charge in [-0.05, 0) is 36.4 Å². The Hall–Kier alpha value is -4.27. The molecule has 9 heteroatoms. The van der Waals surface area contributed by atoms with Crippen molar-refractivity contribution in [1.29, 1.82) is 0 Å². The average Bonchev–Trinajstić information content (AvgIpc) is 3.48. The van der Waals surface area contributed by atoms with E-state index in [4.69, 9.17) is 13.9 Å². The van der Waals surface area contributed by atoms with Gasteiger partial charge < -0.3 is 18.8 Å². The normalized spacial score (nSPS) is 15.2. The van der Waals surface area contributed by atoms with E-state index in [1.165, 1.54) is 11.0 Å². The fourth-order valence-electron chi connectivity index (χ4n) is 3.44. The molecule has 0 saturated carbocycles. The highest BCUT2D eigenvalue weighted by Crippen LogP contribution is 2.27. The van der Waals surface area contributed by atoms with Gasteiger partial charge in [-0.15, -0.1) is 0 Å². The van der Waals surface area contributed by atoms with Crippen molar-refractivity contribution in [3.63, 3.8) is 0 Å². The first-order valence-electron chi connectivity index (χ1n) is 10.3. The topological polar surface area (TPSA) is 110 Å². The molecule has 1 fully saturated rings. The van der Waals surface area contributed by atoms with E-state index in [1.807, 2.05) is 30.3 Å². The van der Waals surface area contributed by atoms with Gasteiger partial charge in [0, 0.05) is 24.7 Å². The Morgan fingerprint density at radius 1 is 1.03 bits per heavy atom. The van der Waals surface area contributed by atoms with Crippen LogP contribution in [0.5, 0.6) is 11.5 Å². The number of methoxy groups -OCH3 is 1. The zero-order chi connectivity index (χ0) is 23.2. The number of para-hydroxylation sites is 1. The summed E-state index contributed by atoms with van der Waals surface area (Å²) in [6.07, 6.45) is 0.0423. The van der Waals surface area contributed by atoms with Crippen LogP contribution >= 0.6 is 0 Å². The van der Waals surface area contributed by atoms with Gasteiger partial charge in [-0.2, -0.15) is 0 Å². The third-order valence-electron chi connectivity index (χ3n) is 5.17. The Balaban J connectivity index is 1.28. The summed E-state index contributed by atoms with van der Waals surface area (Å²) in [5.74, 6) is -0.0503. The molecule has 3 aromatic rings. The summed E-state index contributed by atoms with van der Waals surface area (Å²) in [5.41, 5.74) is 5.35. The maximum atomic E-state index is 12.5. The molecule has 2 aromatic carbocycles. The molecule has 0 aliphatic carbocycles. The van der Waals surface area contributed by atoms with Crippen LogP contribution in [-0.2, 0) is 16.2 Å². The Bertz CT molecular complexity index is 1140. The number of ether oxygens (including phenoxy) is 2. The first-order chi connectivity index (χ1) is 16.0. The first-order valence-corrected chi connectivity index (χ1v) is 10.3. The second kappa shape index (κ2) is 9.90. The number of nitrogens with one attached hydrogen (secondary N) is 2. The van der Waals surface area contributed by atoms with Crippen molar-refractivity contribution in [3.8, 4) is 11.5 Å². The van der Waals surface area contributed by atoms with Gasteiger partial charge in [0.2, 0.25) is 11.8 Å². The smallest absolute Gasteiger partial charge is 0.305 e. The van der Waals surface area contributed by atoms with Crippen molar-refractivity contribution in [2.75, 3.05) is 18.6 Å². The highest BCUT2D eigenvalue weighted by Gasteiger charge is 2.35. The molecular formula is C24H23N3O6. The molecule has 0 bridgehead atoms. The van der Waals surface area contributed by atoms with Gasteiger partial charge in [0.15, 0.2) is 5.76 Å². The monoisotopic (exact) mass is 449 g/mol. The molecule has 4 rings (SSSR count). The number of benzene rings is 2. The van der Waals surface area contributed by atoms with E-state index < -0.39 is 17.7 Å². The number of carbonyl (C=O) groups is 3. The number of hydrogen-bond acceptors (Lipinski definition) is 6. The van der Waals surface area contributed by atoms with E-state index in [0.717, 1.165) is 0 Å². The van der Waals surface area contributed by atoms with Crippen LogP contribution in [0, 0.1) is 5.92 Å². The Kier molecular flexibility index (Phi) is 6.58. The third-order valence-corrected chi connectivity index (χ3v) is 5.17. The lowest BCUT2D eigenvalue weighted by Gasteiger charge is -2.17. The lowest BCUT2D eigenvalue weighted by molar-refractivity contribution is -0.126. The lowest BCUT2D eigenvalue weighted by atomic mass is 10.1. The molecule has 1 atom stereocenters. The molecule has 0 spiro atoms. The Morgan fingerprint density at radius 3 is 2.61 bits per heavy atom. The highest BCUT2D eigenvalue weighted by molar-refractivity contribution is 6.01. The maximum Gasteiger partial charge on any atom is 0.305 e. The van der Waals surface area contributed by atoms with Crippen LogP contribution in [0.2, 0.25) is 0 Å². The van der Waals surface area contributed by atoms with E-state index in [0.29, 0.717) is 22.9 Å². The number of anilines is 1. The quantitative estimate of drug-likeness (QED) is 0.537. The standard InChI is InChI=1S/C24H23N3O6/c1-31-19-9-5-6-17(13-19)27-14-16(12-22(27)28)23(29)25-26-24(30)21-11-10-20(33-21)15-32-18-7-3-2-4-8-18/h2-11,13,16H,12,14-15H2,1H3,(H,25,29)(H,26,30)/t16-/m1/s1. The van der Waals surface area contributed by atoms with Crippen molar-refractivity contribution >= 4 is 23.4 Å². The zero-order valence-electron chi connectivity index (χ0n) is 17.9. The van der Waals surface area contributed by atoms with Gasteiger partial charge in [0.25, 0.3) is 0 Å². The lowest BCUT2D eigenvalue weighted by Crippen LogP contribution is -2.45. The van der Waals surface area contributed by atoms with Gasteiger partial charge >= 0.3 is 5.91 Å².